The Kier molecular flexibility index (Phi) is 2.77. The van der Waals surface area contributed by atoms with Gasteiger partial charge in [-0.05, 0) is 24.3 Å². The monoisotopic (exact) mass is 259 g/mol. The summed E-state index contributed by atoms with van der Waals surface area (Å²) in [5, 5.41) is 8.02. The minimum absolute atomic E-state index is 0.487. The molecule has 0 aliphatic rings. The highest BCUT2D eigenvalue weighted by molar-refractivity contribution is 7.13. The topological polar surface area (TPSA) is 61.0 Å². The van der Waals surface area contributed by atoms with Crippen molar-refractivity contribution < 1.29 is 9.15 Å². The predicted octanol–water partition coefficient (Wildman–Crippen LogP) is 2.87. The zero-order chi connectivity index (χ0) is 12.4. The van der Waals surface area contributed by atoms with Crippen molar-refractivity contribution >= 4 is 11.3 Å². The molecular weight excluding hydrogens is 250 g/mol. The van der Waals surface area contributed by atoms with E-state index in [0.29, 0.717) is 11.8 Å². The third-order valence-corrected chi connectivity index (χ3v) is 3.17. The fourth-order valence-corrected chi connectivity index (χ4v) is 2.03. The number of nitrogens with zero attached hydrogens (tertiary/aromatic N) is 3. The maximum absolute atomic E-state index is 5.59. The standard InChI is InChI=1S/C12H9N3O2S/c1-16-9-4-2-8(3-5-9)11-14-15-12(17-11)10-6-13-7-18-10/h2-7H,1H3. The molecule has 0 radical (unpaired) electrons. The van der Waals surface area contributed by atoms with E-state index in [4.69, 9.17) is 9.15 Å². The number of aromatic nitrogens is 3. The van der Waals surface area contributed by atoms with Gasteiger partial charge in [-0.3, -0.25) is 4.98 Å². The van der Waals surface area contributed by atoms with E-state index in [1.54, 1.807) is 18.8 Å². The van der Waals surface area contributed by atoms with E-state index in [2.05, 4.69) is 15.2 Å². The number of ether oxygens (including phenoxy) is 1. The molecule has 0 atom stereocenters. The zero-order valence-corrected chi connectivity index (χ0v) is 10.3. The number of thiazole rings is 1. The van der Waals surface area contributed by atoms with Gasteiger partial charge in [-0.25, -0.2) is 0 Å². The van der Waals surface area contributed by atoms with Gasteiger partial charge in [-0.15, -0.1) is 21.5 Å². The van der Waals surface area contributed by atoms with Gasteiger partial charge in [0.15, 0.2) is 0 Å². The summed E-state index contributed by atoms with van der Waals surface area (Å²) in [5.41, 5.74) is 2.59. The van der Waals surface area contributed by atoms with E-state index in [9.17, 15) is 0 Å². The van der Waals surface area contributed by atoms with Crippen LogP contribution in [0.25, 0.3) is 22.2 Å². The predicted molar refractivity (Wildman–Crippen MR) is 67.4 cm³/mol. The average Bonchev–Trinajstić information content (AvgIpc) is 3.09. The van der Waals surface area contributed by atoms with Crippen LogP contribution in [0, 0.1) is 0 Å². The Bertz CT molecular complexity index is 632. The lowest BCUT2D eigenvalue weighted by Gasteiger charge is -1.99. The molecule has 3 rings (SSSR count). The molecule has 0 spiro atoms. The third-order valence-electron chi connectivity index (χ3n) is 2.41. The van der Waals surface area contributed by atoms with Crippen LogP contribution in [0.4, 0.5) is 0 Å². The van der Waals surface area contributed by atoms with Crippen molar-refractivity contribution in [2.75, 3.05) is 7.11 Å². The quantitative estimate of drug-likeness (QED) is 0.723. The molecular formula is C12H9N3O2S. The maximum Gasteiger partial charge on any atom is 0.259 e. The first-order valence-electron chi connectivity index (χ1n) is 5.23. The van der Waals surface area contributed by atoms with Crippen LogP contribution in [0.1, 0.15) is 0 Å². The Hall–Kier alpha value is -2.21. The van der Waals surface area contributed by atoms with Gasteiger partial charge in [0.1, 0.15) is 10.6 Å². The Morgan fingerprint density at radius 3 is 2.56 bits per heavy atom. The van der Waals surface area contributed by atoms with Gasteiger partial charge in [-0.1, -0.05) is 0 Å². The van der Waals surface area contributed by atoms with Crippen molar-refractivity contribution in [1.29, 1.82) is 0 Å². The lowest BCUT2D eigenvalue weighted by molar-refractivity contribution is 0.415. The molecule has 18 heavy (non-hydrogen) atoms. The smallest absolute Gasteiger partial charge is 0.259 e. The third kappa shape index (κ3) is 1.98. The largest absolute Gasteiger partial charge is 0.497 e. The normalized spacial score (nSPS) is 10.5. The molecule has 2 heterocycles. The number of hydrogen-bond donors (Lipinski definition) is 0. The van der Waals surface area contributed by atoms with Crippen LogP contribution in [0.2, 0.25) is 0 Å². The highest BCUT2D eigenvalue weighted by Gasteiger charge is 2.11. The molecule has 5 nitrogen and oxygen atoms in total. The Morgan fingerprint density at radius 1 is 1.11 bits per heavy atom. The first-order valence-corrected chi connectivity index (χ1v) is 6.11. The lowest BCUT2D eigenvalue weighted by Crippen LogP contribution is -1.82. The molecule has 90 valence electrons. The molecule has 0 aliphatic heterocycles. The van der Waals surface area contributed by atoms with E-state index in [-0.39, 0.29) is 0 Å². The van der Waals surface area contributed by atoms with Gasteiger partial charge in [0.2, 0.25) is 5.89 Å². The first kappa shape index (κ1) is 10.9. The van der Waals surface area contributed by atoms with Gasteiger partial charge < -0.3 is 9.15 Å². The summed E-state index contributed by atoms with van der Waals surface area (Å²) in [4.78, 5) is 4.84. The van der Waals surface area contributed by atoms with Gasteiger partial charge in [0, 0.05) is 5.56 Å². The summed E-state index contributed by atoms with van der Waals surface area (Å²) in [6, 6.07) is 7.46. The van der Waals surface area contributed by atoms with Crippen LogP contribution >= 0.6 is 11.3 Å². The van der Waals surface area contributed by atoms with E-state index in [1.807, 2.05) is 24.3 Å². The van der Waals surface area contributed by atoms with Crippen LogP contribution in [0.3, 0.4) is 0 Å². The van der Waals surface area contributed by atoms with Gasteiger partial charge in [0.25, 0.3) is 5.89 Å². The summed E-state index contributed by atoms with van der Waals surface area (Å²) in [5.74, 6) is 1.77. The molecule has 0 aliphatic carbocycles. The van der Waals surface area contributed by atoms with E-state index in [1.165, 1.54) is 11.3 Å². The fourth-order valence-electron chi connectivity index (χ4n) is 1.49. The minimum atomic E-state index is 0.487. The van der Waals surface area contributed by atoms with Gasteiger partial charge >= 0.3 is 0 Å². The van der Waals surface area contributed by atoms with Crippen molar-refractivity contribution in [3.05, 3.63) is 36.0 Å². The fraction of sp³-hybridized carbons (Fsp3) is 0.0833. The first-order chi connectivity index (χ1) is 8.86. The SMILES string of the molecule is COc1ccc(-c2nnc(-c3cncs3)o2)cc1. The molecule has 0 N–H and O–H groups in total. The Labute approximate surface area is 107 Å². The molecule has 0 bridgehead atoms. The van der Waals surface area contributed by atoms with Crippen LogP contribution in [-0.4, -0.2) is 22.3 Å². The molecule has 0 unspecified atom stereocenters. The van der Waals surface area contributed by atoms with Crippen LogP contribution in [0.15, 0.2) is 40.4 Å². The van der Waals surface area contributed by atoms with Crippen molar-refractivity contribution in [1.82, 2.24) is 15.2 Å². The molecule has 0 saturated carbocycles. The number of benzene rings is 1. The van der Waals surface area contributed by atoms with Gasteiger partial charge in [-0.2, -0.15) is 0 Å². The number of methoxy groups -OCH3 is 1. The number of hydrogen-bond acceptors (Lipinski definition) is 6. The lowest BCUT2D eigenvalue weighted by atomic mass is 10.2. The summed E-state index contributed by atoms with van der Waals surface area (Å²) in [7, 11) is 1.63. The minimum Gasteiger partial charge on any atom is -0.497 e. The van der Waals surface area contributed by atoms with E-state index < -0.39 is 0 Å². The summed E-state index contributed by atoms with van der Waals surface area (Å²) in [6.45, 7) is 0. The van der Waals surface area contributed by atoms with E-state index in [0.717, 1.165) is 16.2 Å². The number of rotatable bonds is 3. The van der Waals surface area contributed by atoms with Crippen molar-refractivity contribution in [3.8, 4) is 28.0 Å². The second-order valence-corrected chi connectivity index (χ2v) is 4.39. The molecule has 2 aromatic heterocycles. The summed E-state index contributed by atoms with van der Waals surface area (Å²) < 4.78 is 10.7. The molecule has 1 aromatic carbocycles. The molecule has 0 saturated heterocycles. The molecule has 0 amide bonds. The molecule has 0 fully saturated rings. The van der Waals surface area contributed by atoms with Crippen molar-refractivity contribution in [2.24, 2.45) is 0 Å². The highest BCUT2D eigenvalue weighted by atomic mass is 32.1. The second kappa shape index (κ2) is 4.58. The molecule has 6 heteroatoms. The molecule has 3 aromatic rings. The van der Waals surface area contributed by atoms with Crippen LogP contribution in [-0.2, 0) is 0 Å². The Morgan fingerprint density at radius 2 is 1.89 bits per heavy atom. The maximum atomic E-state index is 5.59. The van der Waals surface area contributed by atoms with Crippen molar-refractivity contribution in [3.63, 3.8) is 0 Å². The Balaban J connectivity index is 1.92. The average molecular weight is 259 g/mol. The summed E-state index contributed by atoms with van der Waals surface area (Å²) >= 11 is 1.46. The van der Waals surface area contributed by atoms with Gasteiger partial charge in [0.05, 0.1) is 18.8 Å². The second-order valence-electron chi connectivity index (χ2n) is 3.51. The summed E-state index contributed by atoms with van der Waals surface area (Å²) in [6.07, 6.45) is 1.70. The van der Waals surface area contributed by atoms with Crippen LogP contribution in [0.5, 0.6) is 5.75 Å². The van der Waals surface area contributed by atoms with Crippen molar-refractivity contribution in [2.45, 2.75) is 0 Å². The zero-order valence-electron chi connectivity index (χ0n) is 9.53. The van der Waals surface area contributed by atoms with Crippen LogP contribution < -0.4 is 4.74 Å². The van der Waals surface area contributed by atoms with E-state index >= 15 is 0 Å². The highest BCUT2D eigenvalue weighted by Crippen LogP contribution is 2.26.